The Kier molecular flexibility index (Phi) is 2.09. The molecule has 3 heteroatoms. The lowest BCUT2D eigenvalue weighted by molar-refractivity contribution is 0.0708. The van der Waals surface area contributed by atoms with Crippen LogP contribution in [0.4, 0.5) is 4.39 Å². The molecular weight excluding hydrogens is 157 g/mol. The van der Waals surface area contributed by atoms with Crippen LogP contribution >= 0.6 is 0 Å². The molecule has 1 unspecified atom stereocenters. The predicted molar refractivity (Wildman–Crippen MR) is 44.8 cm³/mol. The lowest BCUT2D eigenvalue weighted by Gasteiger charge is -2.32. The van der Waals surface area contributed by atoms with Crippen molar-refractivity contribution in [2.24, 2.45) is 0 Å². The van der Waals surface area contributed by atoms with Crippen molar-refractivity contribution in [1.82, 2.24) is 4.90 Å². The first-order chi connectivity index (χ1) is 5.82. The van der Waals surface area contributed by atoms with Gasteiger partial charge < -0.3 is 5.11 Å². The van der Waals surface area contributed by atoms with Gasteiger partial charge in [0.05, 0.1) is 6.61 Å². The van der Waals surface area contributed by atoms with E-state index in [0.29, 0.717) is 0 Å². The first kappa shape index (κ1) is 8.45. The molecule has 12 heavy (non-hydrogen) atoms. The monoisotopic (exact) mass is 173 g/mol. The molecule has 0 radical (unpaired) electrons. The van der Waals surface area contributed by atoms with Gasteiger partial charge in [-0.05, 0) is 32.2 Å². The van der Waals surface area contributed by atoms with E-state index in [1.807, 2.05) is 0 Å². The maximum atomic E-state index is 12.5. The first-order valence-corrected chi connectivity index (χ1v) is 4.76. The maximum Gasteiger partial charge on any atom is 0.105 e. The molecule has 2 heterocycles. The minimum Gasteiger partial charge on any atom is -0.394 e. The van der Waals surface area contributed by atoms with Gasteiger partial charge in [0.25, 0.3) is 0 Å². The van der Waals surface area contributed by atoms with E-state index < -0.39 is 0 Å². The van der Waals surface area contributed by atoms with Gasteiger partial charge in [0, 0.05) is 11.6 Å². The predicted octanol–water partition coefficient (Wildman–Crippen LogP) is 0.945. The normalized spacial score (nSPS) is 42.0. The third kappa shape index (κ3) is 0.995. The SMILES string of the molecule is OC[C@]12CCCN1C(CF)CC2. The Morgan fingerprint density at radius 1 is 1.50 bits per heavy atom. The first-order valence-electron chi connectivity index (χ1n) is 4.76. The van der Waals surface area contributed by atoms with Crippen LogP contribution in [0.2, 0.25) is 0 Å². The molecule has 2 rings (SSSR count). The van der Waals surface area contributed by atoms with Crippen molar-refractivity contribution >= 4 is 0 Å². The number of fused-ring (bicyclic) bond motifs is 1. The van der Waals surface area contributed by atoms with E-state index >= 15 is 0 Å². The second-order valence-electron chi connectivity index (χ2n) is 4.03. The molecule has 0 amide bonds. The molecular formula is C9H16FNO. The Hall–Kier alpha value is -0.150. The lowest BCUT2D eigenvalue weighted by atomic mass is 9.95. The van der Waals surface area contributed by atoms with Crippen LogP contribution in [0.3, 0.4) is 0 Å². The third-order valence-corrected chi connectivity index (χ3v) is 3.51. The van der Waals surface area contributed by atoms with Gasteiger partial charge in [-0.15, -0.1) is 0 Å². The van der Waals surface area contributed by atoms with Crippen LogP contribution in [-0.2, 0) is 0 Å². The molecule has 0 aromatic rings. The summed E-state index contributed by atoms with van der Waals surface area (Å²) in [5.74, 6) is 0. The van der Waals surface area contributed by atoms with Crippen molar-refractivity contribution < 1.29 is 9.50 Å². The highest BCUT2D eigenvalue weighted by Crippen LogP contribution is 2.41. The number of aliphatic hydroxyl groups excluding tert-OH is 1. The fourth-order valence-corrected chi connectivity index (χ4v) is 2.80. The molecule has 0 saturated carbocycles. The minimum absolute atomic E-state index is 0.0310. The van der Waals surface area contributed by atoms with Gasteiger partial charge in [-0.2, -0.15) is 0 Å². The van der Waals surface area contributed by atoms with Gasteiger partial charge in [-0.3, -0.25) is 4.90 Å². The Labute approximate surface area is 72.4 Å². The second-order valence-corrected chi connectivity index (χ2v) is 4.03. The molecule has 2 aliphatic heterocycles. The van der Waals surface area contributed by atoms with Gasteiger partial charge in [-0.1, -0.05) is 0 Å². The van der Waals surface area contributed by atoms with Crippen molar-refractivity contribution in [2.75, 3.05) is 19.8 Å². The van der Waals surface area contributed by atoms with Gasteiger partial charge in [0.1, 0.15) is 6.67 Å². The van der Waals surface area contributed by atoms with Crippen molar-refractivity contribution in [1.29, 1.82) is 0 Å². The van der Waals surface area contributed by atoms with E-state index in [0.717, 1.165) is 32.2 Å². The highest BCUT2D eigenvalue weighted by Gasteiger charge is 2.48. The van der Waals surface area contributed by atoms with Crippen LogP contribution in [0.1, 0.15) is 25.7 Å². The fourth-order valence-electron chi connectivity index (χ4n) is 2.80. The molecule has 70 valence electrons. The topological polar surface area (TPSA) is 23.5 Å². The third-order valence-electron chi connectivity index (χ3n) is 3.51. The summed E-state index contributed by atoms with van der Waals surface area (Å²) >= 11 is 0. The van der Waals surface area contributed by atoms with Gasteiger partial charge in [0.2, 0.25) is 0 Å². The molecule has 1 N–H and O–H groups in total. The molecule has 2 aliphatic rings. The van der Waals surface area contributed by atoms with E-state index in [1.165, 1.54) is 0 Å². The van der Waals surface area contributed by atoms with Crippen LogP contribution < -0.4 is 0 Å². The highest BCUT2D eigenvalue weighted by molar-refractivity contribution is 5.03. The van der Waals surface area contributed by atoms with Crippen LogP contribution in [0.5, 0.6) is 0 Å². The van der Waals surface area contributed by atoms with E-state index in [1.54, 1.807) is 0 Å². The summed E-state index contributed by atoms with van der Waals surface area (Å²) in [6, 6.07) is 0.0969. The van der Waals surface area contributed by atoms with E-state index in [2.05, 4.69) is 4.90 Å². The molecule has 0 aromatic heterocycles. The second kappa shape index (κ2) is 2.96. The number of aliphatic hydroxyl groups is 1. The standard InChI is InChI=1S/C9H16FNO/c10-6-8-2-4-9(7-12)3-1-5-11(8)9/h8,12H,1-7H2/t8?,9-/m1/s1. The number of hydrogen-bond donors (Lipinski definition) is 1. The summed E-state index contributed by atoms with van der Waals surface area (Å²) in [5.41, 5.74) is -0.0310. The summed E-state index contributed by atoms with van der Waals surface area (Å²) < 4.78 is 12.5. The van der Waals surface area contributed by atoms with Crippen molar-refractivity contribution in [3.8, 4) is 0 Å². The van der Waals surface area contributed by atoms with Gasteiger partial charge in [-0.25, -0.2) is 4.39 Å². The maximum absolute atomic E-state index is 12.5. The van der Waals surface area contributed by atoms with Crippen molar-refractivity contribution in [3.05, 3.63) is 0 Å². The largest absolute Gasteiger partial charge is 0.394 e. The summed E-state index contributed by atoms with van der Waals surface area (Å²) in [5, 5.41) is 9.28. The Bertz CT molecular complexity index is 176. The number of hydrogen-bond acceptors (Lipinski definition) is 2. The quantitative estimate of drug-likeness (QED) is 0.672. The van der Waals surface area contributed by atoms with E-state index in [9.17, 15) is 9.50 Å². The summed E-state index contributed by atoms with van der Waals surface area (Å²) in [7, 11) is 0. The number of alkyl halides is 1. The molecule has 2 atom stereocenters. The summed E-state index contributed by atoms with van der Waals surface area (Å²) in [6.07, 6.45) is 4.09. The fraction of sp³-hybridized carbons (Fsp3) is 1.00. The molecule has 0 aromatic carbocycles. The number of rotatable bonds is 2. The molecule has 0 aliphatic carbocycles. The average Bonchev–Trinajstić information content (AvgIpc) is 2.61. The lowest BCUT2D eigenvalue weighted by Crippen LogP contribution is -2.45. The number of halogens is 1. The molecule has 2 fully saturated rings. The van der Waals surface area contributed by atoms with Crippen molar-refractivity contribution in [2.45, 2.75) is 37.3 Å². The Morgan fingerprint density at radius 3 is 3.00 bits per heavy atom. The smallest absolute Gasteiger partial charge is 0.105 e. The molecule has 2 saturated heterocycles. The van der Waals surface area contributed by atoms with E-state index in [4.69, 9.17) is 0 Å². The van der Waals surface area contributed by atoms with Gasteiger partial charge in [0.15, 0.2) is 0 Å². The zero-order chi connectivity index (χ0) is 8.60. The zero-order valence-electron chi connectivity index (χ0n) is 7.30. The van der Waals surface area contributed by atoms with E-state index in [-0.39, 0.29) is 24.9 Å². The van der Waals surface area contributed by atoms with Crippen molar-refractivity contribution in [3.63, 3.8) is 0 Å². The van der Waals surface area contributed by atoms with Crippen LogP contribution in [0, 0.1) is 0 Å². The zero-order valence-corrected chi connectivity index (χ0v) is 7.30. The average molecular weight is 173 g/mol. The van der Waals surface area contributed by atoms with Gasteiger partial charge >= 0.3 is 0 Å². The highest BCUT2D eigenvalue weighted by atomic mass is 19.1. The van der Waals surface area contributed by atoms with Crippen LogP contribution in [0.25, 0.3) is 0 Å². The van der Waals surface area contributed by atoms with Crippen LogP contribution in [0.15, 0.2) is 0 Å². The Balaban J connectivity index is 2.14. The molecule has 2 nitrogen and oxygen atoms in total. The summed E-state index contributed by atoms with van der Waals surface area (Å²) in [6.45, 7) is 0.945. The minimum atomic E-state index is -0.248. The van der Waals surface area contributed by atoms with Crippen LogP contribution in [-0.4, -0.2) is 41.4 Å². The summed E-state index contributed by atoms with van der Waals surface area (Å²) in [4.78, 5) is 2.19. The number of nitrogens with zero attached hydrogens (tertiary/aromatic N) is 1. The Morgan fingerprint density at radius 2 is 2.33 bits per heavy atom. The molecule has 0 bridgehead atoms. The molecule has 0 spiro atoms.